The van der Waals surface area contributed by atoms with Crippen molar-refractivity contribution >= 4 is 27.5 Å². The first kappa shape index (κ1) is 21.0. The average molecular weight is 433 g/mol. The second-order valence-corrected chi connectivity index (χ2v) is 9.24. The van der Waals surface area contributed by atoms with Gasteiger partial charge >= 0.3 is 0 Å². The minimum absolute atomic E-state index is 0.205. The van der Waals surface area contributed by atoms with Crippen molar-refractivity contribution < 1.29 is 13.2 Å². The van der Waals surface area contributed by atoms with Gasteiger partial charge < -0.3 is 5.32 Å². The van der Waals surface area contributed by atoms with Gasteiger partial charge in [-0.1, -0.05) is 29.8 Å². The van der Waals surface area contributed by atoms with Gasteiger partial charge in [-0.2, -0.15) is 5.10 Å². The number of rotatable bonds is 6. The van der Waals surface area contributed by atoms with Gasteiger partial charge in [0.05, 0.1) is 28.0 Å². The second-order valence-electron chi connectivity index (χ2n) is 6.65. The van der Waals surface area contributed by atoms with Crippen LogP contribution in [0.25, 0.3) is 5.69 Å². The number of halogens is 1. The molecule has 0 aliphatic carbocycles. The van der Waals surface area contributed by atoms with E-state index in [9.17, 15) is 13.2 Å². The summed E-state index contributed by atoms with van der Waals surface area (Å²) in [4.78, 5) is 12.8. The van der Waals surface area contributed by atoms with Gasteiger partial charge in [-0.25, -0.2) is 17.4 Å². The lowest BCUT2D eigenvalue weighted by Crippen LogP contribution is -2.24. The molecule has 29 heavy (non-hydrogen) atoms. The molecule has 1 aromatic heterocycles. The van der Waals surface area contributed by atoms with Crippen molar-refractivity contribution in [3.8, 4) is 5.69 Å². The smallest absolute Gasteiger partial charge is 0.255 e. The van der Waals surface area contributed by atoms with Crippen LogP contribution in [0.15, 0.2) is 59.6 Å². The summed E-state index contributed by atoms with van der Waals surface area (Å²) in [5.41, 5.74) is 2.71. The normalized spacial score (nSPS) is 11.6. The quantitative estimate of drug-likeness (QED) is 0.648. The minimum Gasteiger partial charge on any atom is -0.348 e. The molecule has 0 aliphatic rings. The third-order valence-electron chi connectivity index (χ3n) is 4.46. The summed E-state index contributed by atoms with van der Waals surface area (Å²) >= 11 is 6.03. The van der Waals surface area contributed by atoms with E-state index in [0.717, 1.165) is 15.6 Å². The standard InChI is InChI=1S/C20H21ClN4O3S/c1-14-19(13-23-25(14)17-6-4-5-16(21)11-17)20(26)22-12-15-7-9-18(10-8-15)29(27,28)24(2)3/h4-11,13H,12H2,1-3H3,(H,22,26). The third-order valence-corrected chi connectivity index (χ3v) is 6.53. The lowest BCUT2D eigenvalue weighted by atomic mass is 10.2. The Balaban J connectivity index is 1.70. The Kier molecular flexibility index (Phi) is 6.07. The number of benzene rings is 2. The molecule has 9 heteroatoms. The van der Waals surface area contributed by atoms with E-state index in [0.29, 0.717) is 16.3 Å². The fourth-order valence-corrected chi connectivity index (χ4v) is 3.85. The minimum atomic E-state index is -3.47. The molecule has 0 fully saturated rings. The summed E-state index contributed by atoms with van der Waals surface area (Å²) < 4.78 is 27.0. The molecule has 3 aromatic rings. The summed E-state index contributed by atoms with van der Waals surface area (Å²) in [7, 11) is -0.512. The lowest BCUT2D eigenvalue weighted by Gasteiger charge is -2.12. The van der Waals surface area contributed by atoms with Crippen LogP contribution >= 0.6 is 11.6 Å². The zero-order valence-electron chi connectivity index (χ0n) is 16.3. The van der Waals surface area contributed by atoms with E-state index in [1.165, 1.54) is 32.4 Å². The molecule has 3 rings (SSSR count). The molecule has 0 saturated carbocycles. The first-order valence-corrected chi connectivity index (χ1v) is 10.6. The second kappa shape index (κ2) is 8.36. The summed E-state index contributed by atoms with van der Waals surface area (Å²) in [6, 6.07) is 13.6. The summed E-state index contributed by atoms with van der Waals surface area (Å²) in [6.45, 7) is 2.08. The number of amides is 1. The zero-order chi connectivity index (χ0) is 21.2. The number of nitrogens with one attached hydrogen (secondary N) is 1. The summed E-state index contributed by atoms with van der Waals surface area (Å²) in [6.07, 6.45) is 1.51. The van der Waals surface area contributed by atoms with Gasteiger partial charge in [-0.05, 0) is 42.8 Å². The maximum absolute atomic E-state index is 12.6. The molecule has 0 saturated heterocycles. The van der Waals surface area contributed by atoms with Crippen molar-refractivity contribution in [2.24, 2.45) is 0 Å². The number of aromatic nitrogens is 2. The zero-order valence-corrected chi connectivity index (χ0v) is 17.8. The number of hydrogen-bond acceptors (Lipinski definition) is 4. The number of carbonyl (C=O) groups excluding carboxylic acids is 1. The molecule has 0 bridgehead atoms. The van der Waals surface area contributed by atoms with Gasteiger partial charge in [0.2, 0.25) is 10.0 Å². The van der Waals surface area contributed by atoms with E-state index < -0.39 is 10.0 Å². The van der Waals surface area contributed by atoms with Gasteiger partial charge in [-0.15, -0.1) is 0 Å². The van der Waals surface area contributed by atoms with Crippen LogP contribution in [0.2, 0.25) is 5.02 Å². The lowest BCUT2D eigenvalue weighted by molar-refractivity contribution is 0.0950. The molecule has 152 valence electrons. The van der Waals surface area contributed by atoms with Crippen LogP contribution in [0, 0.1) is 6.92 Å². The maximum Gasteiger partial charge on any atom is 0.255 e. The SMILES string of the molecule is Cc1c(C(=O)NCc2ccc(S(=O)(=O)N(C)C)cc2)cnn1-c1cccc(Cl)c1. The molecule has 0 unspecified atom stereocenters. The molecule has 0 aliphatic heterocycles. The topological polar surface area (TPSA) is 84.3 Å². The largest absolute Gasteiger partial charge is 0.348 e. The third kappa shape index (κ3) is 4.50. The van der Waals surface area contributed by atoms with Crippen molar-refractivity contribution in [2.75, 3.05) is 14.1 Å². The van der Waals surface area contributed by atoms with Crippen LogP contribution in [-0.4, -0.2) is 42.5 Å². The highest BCUT2D eigenvalue weighted by molar-refractivity contribution is 7.89. The Morgan fingerprint density at radius 1 is 1.17 bits per heavy atom. The van der Waals surface area contributed by atoms with Gasteiger partial charge in [0, 0.05) is 25.7 Å². The fraction of sp³-hybridized carbons (Fsp3) is 0.200. The van der Waals surface area contributed by atoms with E-state index in [-0.39, 0.29) is 17.3 Å². The van der Waals surface area contributed by atoms with E-state index in [1.54, 1.807) is 28.9 Å². The highest BCUT2D eigenvalue weighted by atomic mass is 35.5. The molecule has 0 spiro atoms. The summed E-state index contributed by atoms with van der Waals surface area (Å²) in [5, 5.41) is 7.71. The average Bonchev–Trinajstić information content (AvgIpc) is 3.08. The van der Waals surface area contributed by atoms with Crippen LogP contribution in [0.3, 0.4) is 0 Å². The van der Waals surface area contributed by atoms with Crippen molar-refractivity contribution in [3.05, 3.63) is 76.6 Å². The van der Waals surface area contributed by atoms with Gasteiger partial charge in [0.15, 0.2) is 0 Å². The number of nitrogens with zero attached hydrogens (tertiary/aromatic N) is 3. The van der Waals surface area contributed by atoms with Crippen molar-refractivity contribution in [1.29, 1.82) is 0 Å². The maximum atomic E-state index is 12.6. The highest BCUT2D eigenvalue weighted by Crippen LogP contribution is 2.18. The van der Waals surface area contributed by atoms with E-state index in [1.807, 2.05) is 19.1 Å². The van der Waals surface area contributed by atoms with Gasteiger partial charge in [0.25, 0.3) is 5.91 Å². The first-order valence-electron chi connectivity index (χ1n) is 8.80. The van der Waals surface area contributed by atoms with Crippen LogP contribution in [0.5, 0.6) is 0 Å². The first-order chi connectivity index (χ1) is 13.7. The molecule has 7 nitrogen and oxygen atoms in total. The molecule has 1 amide bonds. The summed E-state index contributed by atoms with van der Waals surface area (Å²) in [5.74, 6) is -0.263. The Morgan fingerprint density at radius 3 is 2.48 bits per heavy atom. The fourth-order valence-electron chi connectivity index (χ4n) is 2.77. The Bertz CT molecular complexity index is 1140. The Morgan fingerprint density at radius 2 is 1.86 bits per heavy atom. The molecule has 0 radical (unpaired) electrons. The van der Waals surface area contributed by atoms with Crippen LogP contribution in [0.4, 0.5) is 0 Å². The molecular formula is C20H21ClN4O3S. The van der Waals surface area contributed by atoms with Gasteiger partial charge in [-0.3, -0.25) is 4.79 Å². The van der Waals surface area contributed by atoms with Crippen molar-refractivity contribution in [1.82, 2.24) is 19.4 Å². The number of sulfonamides is 1. The predicted octanol–water partition coefficient (Wildman–Crippen LogP) is 3.01. The number of carbonyl (C=O) groups is 1. The predicted molar refractivity (Wildman–Crippen MR) is 112 cm³/mol. The van der Waals surface area contributed by atoms with Gasteiger partial charge in [0.1, 0.15) is 0 Å². The van der Waals surface area contributed by atoms with E-state index in [2.05, 4.69) is 10.4 Å². The van der Waals surface area contributed by atoms with E-state index in [4.69, 9.17) is 11.6 Å². The Hall–Kier alpha value is -2.68. The van der Waals surface area contributed by atoms with Crippen LogP contribution < -0.4 is 5.32 Å². The van der Waals surface area contributed by atoms with E-state index >= 15 is 0 Å². The van der Waals surface area contributed by atoms with Crippen molar-refractivity contribution in [2.45, 2.75) is 18.4 Å². The molecule has 1 N–H and O–H groups in total. The number of hydrogen-bond donors (Lipinski definition) is 1. The molecule has 0 atom stereocenters. The molecular weight excluding hydrogens is 412 g/mol. The molecule has 1 heterocycles. The molecule has 2 aromatic carbocycles. The monoisotopic (exact) mass is 432 g/mol. The van der Waals surface area contributed by atoms with Crippen LogP contribution in [-0.2, 0) is 16.6 Å². The highest BCUT2D eigenvalue weighted by Gasteiger charge is 2.17. The van der Waals surface area contributed by atoms with Crippen LogP contribution in [0.1, 0.15) is 21.6 Å². The Labute approximate surface area is 175 Å². The van der Waals surface area contributed by atoms with Crippen molar-refractivity contribution in [3.63, 3.8) is 0 Å².